The van der Waals surface area contributed by atoms with E-state index in [1.54, 1.807) is 25.7 Å². The first kappa shape index (κ1) is 11.1. The van der Waals surface area contributed by atoms with E-state index in [1.807, 2.05) is 0 Å². The van der Waals surface area contributed by atoms with Crippen molar-refractivity contribution < 1.29 is 0 Å². The van der Waals surface area contributed by atoms with Gasteiger partial charge in [-0.25, -0.2) is 0 Å². The first-order chi connectivity index (χ1) is 6.33. The maximum atomic E-state index is 2.12. The van der Waals surface area contributed by atoms with Gasteiger partial charge in [-0.15, -0.1) is 0 Å². The summed E-state index contributed by atoms with van der Waals surface area (Å²) >= 11 is 0. The van der Waals surface area contributed by atoms with Gasteiger partial charge < -0.3 is 0 Å². The average molecular weight is 182 g/mol. The highest BCUT2D eigenvalue weighted by Gasteiger charge is 2.34. The molecule has 2 rings (SSSR count). The monoisotopic (exact) mass is 182 g/mol. The van der Waals surface area contributed by atoms with Crippen molar-refractivity contribution in [3.63, 3.8) is 0 Å². The fraction of sp³-hybridized carbons (Fsp3) is 1.00. The summed E-state index contributed by atoms with van der Waals surface area (Å²) in [6.07, 6.45) is 15.1. The van der Waals surface area contributed by atoms with Crippen molar-refractivity contribution in [2.45, 2.75) is 78.1 Å². The molecule has 2 aliphatic carbocycles. The summed E-state index contributed by atoms with van der Waals surface area (Å²) in [6.45, 7) is 4.25. The second-order valence-electron chi connectivity index (χ2n) is 4.97. The smallest absolute Gasteiger partial charge is 0.0297 e. The summed E-state index contributed by atoms with van der Waals surface area (Å²) < 4.78 is 0. The summed E-state index contributed by atoms with van der Waals surface area (Å²) in [5.41, 5.74) is 0.873. The molecule has 0 aromatic carbocycles. The zero-order valence-corrected chi connectivity index (χ0v) is 9.57. The van der Waals surface area contributed by atoms with Gasteiger partial charge in [-0.2, -0.15) is 0 Å². The Bertz CT molecular complexity index is 112. The first-order valence-electron chi connectivity index (χ1n) is 6.33. The molecule has 0 radical (unpaired) electrons. The Morgan fingerprint density at radius 1 is 0.692 bits per heavy atom. The van der Waals surface area contributed by atoms with E-state index < -0.39 is 0 Å². The van der Waals surface area contributed by atoms with E-state index in [9.17, 15) is 0 Å². The molecule has 2 fully saturated rings. The largest absolute Gasteiger partial charge is 0.0656 e. The molecule has 0 heteroatoms. The van der Waals surface area contributed by atoms with Gasteiger partial charge in [0.05, 0.1) is 0 Å². The molecule has 2 saturated carbocycles. The molecule has 13 heavy (non-hydrogen) atoms. The standard InChI is InChI=1S/C10H18.C3H8/c1-2-6-10(7-3-1)8-4-5-9-10;1-3-2/h1-9H2;3H2,1-2H3. The summed E-state index contributed by atoms with van der Waals surface area (Å²) in [7, 11) is 0. The third kappa shape index (κ3) is 3.32. The van der Waals surface area contributed by atoms with Crippen LogP contribution in [0, 0.1) is 5.41 Å². The van der Waals surface area contributed by atoms with E-state index in [4.69, 9.17) is 0 Å². The second-order valence-corrected chi connectivity index (χ2v) is 4.97. The molecule has 0 nitrogen and oxygen atoms in total. The van der Waals surface area contributed by atoms with Gasteiger partial charge in [0.1, 0.15) is 0 Å². The highest BCUT2D eigenvalue weighted by atomic mass is 14.4. The molecular weight excluding hydrogens is 156 g/mol. The van der Waals surface area contributed by atoms with Crippen LogP contribution < -0.4 is 0 Å². The molecular formula is C13H26. The summed E-state index contributed by atoms with van der Waals surface area (Å²) in [5.74, 6) is 0. The first-order valence-corrected chi connectivity index (χ1v) is 6.33. The lowest BCUT2D eigenvalue weighted by atomic mass is 9.73. The Balaban J connectivity index is 0.000000251. The summed E-state index contributed by atoms with van der Waals surface area (Å²) in [6, 6.07) is 0. The Morgan fingerprint density at radius 3 is 1.38 bits per heavy atom. The van der Waals surface area contributed by atoms with Gasteiger partial charge in [0.2, 0.25) is 0 Å². The molecule has 0 unspecified atom stereocenters. The van der Waals surface area contributed by atoms with Gasteiger partial charge in [0, 0.05) is 0 Å². The lowest BCUT2D eigenvalue weighted by Gasteiger charge is -2.32. The molecule has 0 atom stereocenters. The molecule has 0 aromatic heterocycles. The Kier molecular flexibility index (Phi) is 4.83. The van der Waals surface area contributed by atoms with Gasteiger partial charge in [0.15, 0.2) is 0 Å². The summed E-state index contributed by atoms with van der Waals surface area (Å²) in [5, 5.41) is 0. The van der Waals surface area contributed by atoms with E-state index in [-0.39, 0.29) is 0 Å². The van der Waals surface area contributed by atoms with Crippen molar-refractivity contribution in [3.8, 4) is 0 Å². The SMILES string of the molecule is C1CCC2(CC1)CCCC2.CCC. The second kappa shape index (κ2) is 5.67. The topological polar surface area (TPSA) is 0 Å². The number of rotatable bonds is 0. The van der Waals surface area contributed by atoms with Crippen LogP contribution in [-0.4, -0.2) is 0 Å². The van der Waals surface area contributed by atoms with Crippen LogP contribution in [0.25, 0.3) is 0 Å². The third-order valence-corrected chi connectivity index (χ3v) is 3.58. The van der Waals surface area contributed by atoms with Crippen molar-refractivity contribution in [1.82, 2.24) is 0 Å². The van der Waals surface area contributed by atoms with Crippen LogP contribution in [0.1, 0.15) is 78.1 Å². The van der Waals surface area contributed by atoms with Crippen molar-refractivity contribution >= 4 is 0 Å². The van der Waals surface area contributed by atoms with Crippen molar-refractivity contribution in [2.75, 3.05) is 0 Å². The van der Waals surface area contributed by atoms with Crippen LogP contribution in [0.5, 0.6) is 0 Å². The molecule has 0 saturated heterocycles. The van der Waals surface area contributed by atoms with Crippen molar-refractivity contribution in [3.05, 3.63) is 0 Å². The summed E-state index contributed by atoms with van der Waals surface area (Å²) in [4.78, 5) is 0. The predicted molar refractivity (Wildman–Crippen MR) is 60.0 cm³/mol. The lowest BCUT2D eigenvalue weighted by Crippen LogP contribution is -2.19. The van der Waals surface area contributed by atoms with Crippen molar-refractivity contribution in [2.24, 2.45) is 5.41 Å². The quantitative estimate of drug-likeness (QED) is 0.498. The van der Waals surface area contributed by atoms with E-state index in [1.165, 1.54) is 38.5 Å². The van der Waals surface area contributed by atoms with E-state index in [0.29, 0.717) is 0 Å². The fourth-order valence-corrected chi connectivity index (χ4v) is 2.93. The third-order valence-electron chi connectivity index (χ3n) is 3.58. The molecule has 0 heterocycles. The Labute approximate surface area is 84.1 Å². The maximum Gasteiger partial charge on any atom is -0.0297 e. The maximum absolute atomic E-state index is 2.12. The number of hydrogen-bond donors (Lipinski definition) is 0. The Morgan fingerprint density at radius 2 is 1.00 bits per heavy atom. The Hall–Kier alpha value is 0. The van der Waals surface area contributed by atoms with Crippen LogP contribution in [0.15, 0.2) is 0 Å². The van der Waals surface area contributed by atoms with Crippen LogP contribution >= 0.6 is 0 Å². The minimum atomic E-state index is 0.873. The van der Waals surface area contributed by atoms with Crippen molar-refractivity contribution in [1.29, 1.82) is 0 Å². The zero-order chi connectivity index (χ0) is 9.57. The van der Waals surface area contributed by atoms with Gasteiger partial charge in [-0.3, -0.25) is 0 Å². The van der Waals surface area contributed by atoms with Crippen LogP contribution in [0.4, 0.5) is 0 Å². The molecule has 1 spiro atoms. The minimum absolute atomic E-state index is 0.873. The molecule has 0 bridgehead atoms. The highest BCUT2D eigenvalue weighted by molar-refractivity contribution is 4.86. The minimum Gasteiger partial charge on any atom is -0.0656 e. The lowest BCUT2D eigenvalue weighted by molar-refractivity contribution is 0.197. The van der Waals surface area contributed by atoms with Gasteiger partial charge in [0.25, 0.3) is 0 Å². The number of hydrogen-bond acceptors (Lipinski definition) is 0. The molecule has 2 aliphatic rings. The molecule has 78 valence electrons. The van der Waals surface area contributed by atoms with Crippen LogP contribution in [0.3, 0.4) is 0 Å². The normalized spacial score (nSPS) is 25.4. The molecule has 0 N–H and O–H groups in total. The van der Waals surface area contributed by atoms with E-state index in [0.717, 1.165) is 5.41 Å². The zero-order valence-electron chi connectivity index (χ0n) is 9.57. The molecule has 0 amide bonds. The van der Waals surface area contributed by atoms with Gasteiger partial charge in [-0.05, 0) is 31.1 Å². The fourth-order valence-electron chi connectivity index (χ4n) is 2.93. The molecule has 0 aliphatic heterocycles. The van der Waals surface area contributed by atoms with Crippen LogP contribution in [-0.2, 0) is 0 Å². The van der Waals surface area contributed by atoms with E-state index in [2.05, 4.69) is 13.8 Å². The van der Waals surface area contributed by atoms with E-state index >= 15 is 0 Å². The highest BCUT2D eigenvalue weighted by Crippen LogP contribution is 2.48. The molecule has 0 aromatic rings. The average Bonchev–Trinajstić information content (AvgIpc) is 2.56. The predicted octanol–water partition coefficient (Wildman–Crippen LogP) is 4.93. The van der Waals surface area contributed by atoms with Gasteiger partial charge >= 0.3 is 0 Å². The van der Waals surface area contributed by atoms with Gasteiger partial charge in [-0.1, -0.05) is 52.4 Å². The van der Waals surface area contributed by atoms with Crippen LogP contribution in [0.2, 0.25) is 0 Å².